The Morgan fingerprint density at radius 2 is 2.00 bits per heavy atom. The number of oxime groups is 1. The molecule has 1 aliphatic heterocycles. The number of halogens is 1. The zero-order valence-electron chi connectivity index (χ0n) is 19.0. The molecule has 0 aliphatic carbocycles. The lowest BCUT2D eigenvalue weighted by Crippen LogP contribution is -2.41. The summed E-state index contributed by atoms with van der Waals surface area (Å²) in [7, 11) is 0. The van der Waals surface area contributed by atoms with Gasteiger partial charge in [-0.05, 0) is 46.8 Å². The topological polar surface area (TPSA) is 89.8 Å². The highest BCUT2D eigenvalue weighted by atomic mass is 35.5. The normalized spacial score (nSPS) is 15.6. The number of hydrogen-bond acceptors (Lipinski definition) is 8. The van der Waals surface area contributed by atoms with E-state index in [4.69, 9.17) is 26.2 Å². The zero-order valence-corrected chi connectivity index (χ0v) is 20.5. The number of likely N-dealkylation sites (tertiary alicyclic amines) is 1. The zero-order chi connectivity index (χ0) is 23.3. The maximum Gasteiger partial charge on any atom is 0.410 e. The van der Waals surface area contributed by atoms with Crippen LogP contribution in [0.15, 0.2) is 34.8 Å². The van der Waals surface area contributed by atoms with Gasteiger partial charge in [0, 0.05) is 49.1 Å². The highest BCUT2D eigenvalue weighted by Crippen LogP contribution is 2.31. The van der Waals surface area contributed by atoms with Crippen LogP contribution in [0.3, 0.4) is 0 Å². The Kier molecular flexibility index (Phi) is 7.95. The number of hydrogen-bond donors (Lipinski definition) is 0. The second kappa shape index (κ2) is 10.5. The summed E-state index contributed by atoms with van der Waals surface area (Å²) >= 11 is 7.40. The Morgan fingerprint density at radius 3 is 2.62 bits per heavy atom. The van der Waals surface area contributed by atoms with Crippen molar-refractivity contribution in [2.24, 2.45) is 5.16 Å². The molecule has 1 aliphatic rings. The summed E-state index contributed by atoms with van der Waals surface area (Å²) in [5.74, 6) is 0.677. The van der Waals surface area contributed by atoms with Crippen LogP contribution in [0, 0.1) is 0 Å². The van der Waals surface area contributed by atoms with Crippen molar-refractivity contribution >= 4 is 35.2 Å². The summed E-state index contributed by atoms with van der Waals surface area (Å²) < 4.78 is 5.51. The molecule has 1 fully saturated rings. The number of thioether (sulfide) groups is 1. The van der Waals surface area contributed by atoms with Crippen LogP contribution in [-0.2, 0) is 4.74 Å². The van der Waals surface area contributed by atoms with Crippen LogP contribution in [0.2, 0.25) is 5.15 Å². The number of carbonyl (C=O) groups excluding carboxylic acids is 1. The fourth-order valence-corrected chi connectivity index (χ4v) is 3.85. The van der Waals surface area contributed by atoms with Crippen LogP contribution in [0.1, 0.15) is 57.7 Å². The van der Waals surface area contributed by atoms with E-state index in [1.165, 1.54) is 11.8 Å². The molecule has 1 amide bonds. The smallest absolute Gasteiger partial charge is 0.410 e. The van der Waals surface area contributed by atoms with Gasteiger partial charge in [0.1, 0.15) is 10.8 Å². The summed E-state index contributed by atoms with van der Waals surface area (Å²) in [4.78, 5) is 32.8. The van der Waals surface area contributed by atoms with Gasteiger partial charge in [-0.3, -0.25) is 0 Å². The quantitative estimate of drug-likeness (QED) is 0.193. The average molecular weight is 478 g/mol. The molecule has 0 saturated carbocycles. The van der Waals surface area contributed by atoms with Gasteiger partial charge in [-0.1, -0.05) is 28.5 Å². The highest BCUT2D eigenvalue weighted by Gasteiger charge is 2.30. The number of nitrogens with zero attached hydrogens (tertiary/aromatic N) is 5. The summed E-state index contributed by atoms with van der Waals surface area (Å²) in [5, 5.41) is 5.29. The van der Waals surface area contributed by atoms with E-state index in [2.05, 4.69) is 15.1 Å². The van der Waals surface area contributed by atoms with Crippen molar-refractivity contribution in [2.45, 2.75) is 57.2 Å². The molecular formula is C22H28ClN5O3S. The first kappa shape index (κ1) is 24.3. The van der Waals surface area contributed by atoms with Gasteiger partial charge in [0.05, 0.1) is 11.4 Å². The van der Waals surface area contributed by atoms with Crippen LogP contribution < -0.4 is 4.84 Å². The van der Waals surface area contributed by atoms with E-state index in [0.29, 0.717) is 34.9 Å². The van der Waals surface area contributed by atoms with Gasteiger partial charge in [0.15, 0.2) is 10.9 Å². The minimum Gasteiger partial charge on any atom is -0.444 e. The summed E-state index contributed by atoms with van der Waals surface area (Å²) in [6.07, 6.45) is 6.59. The van der Waals surface area contributed by atoms with Gasteiger partial charge in [-0.25, -0.2) is 19.7 Å². The van der Waals surface area contributed by atoms with E-state index in [0.717, 1.165) is 24.1 Å². The Hall–Kier alpha value is -2.39. The number of piperidine rings is 1. The maximum absolute atomic E-state index is 12.4. The van der Waals surface area contributed by atoms with Gasteiger partial charge in [-0.15, -0.1) is 0 Å². The lowest BCUT2D eigenvalue weighted by Gasteiger charge is -2.33. The fraction of sp³-hybridized carbons (Fsp3) is 0.500. The van der Waals surface area contributed by atoms with Crippen LogP contribution in [0.25, 0.3) is 0 Å². The predicted octanol–water partition coefficient (Wildman–Crippen LogP) is 5.16. The molecule has 0 bridgehead atoms. The second-order valence-corrected chi connectivity index (χ2v) is 9.64. The van der Waals surface area contributed by atoms with Crippen molar-refractivity contribution < 1.29 is 14.4 Å². The predicted molar refractivity (Wildman–Crippen MR) is 126 cm³/mol. The minimum absolute atomic E-state index is 0.179. The third-order valence-electron chi connectivity index (χ3n) is 4.89. The summed E-state index contributed by atoms with van der Waals surface area (Å²) in [6, 6.07) is 3.28. The molecule has 8 nitrogen and oxygen atoms in total. The van der Waals surface area contributed by atoms with E-state index in [1.54, 1.807) is 29.4 Å². The standard InChI is InChI=1S/C22H28ClN5O3S/c1-14(27-31-16-6-9-24-18(23)12-16)17-13-25-20(32-5)26-19(17)15-7-10-28(11-8-15)21(29)30-22(2,3)4/h6,9,12-13,15H,7-8,10-11H2,1-5H3/b27-14+. The molecular weight excluding hydrogens is 450 g/mol. The molecule has 0 unspecified atom stereocenters. The van der Waals surface area contributed by atoms with Gasteiger partial charge in [0.2, 0.25) is 0 Å². The SMILES string of the molecule is CSc1ncc(/C(C)=N/Oc2ccnc(Cl)c2)c(C2CCN(C(=O)OC(C)(C)C)CC2)n1. The molecule has 2 aromatic heterocycles. The molecule has 0 radical (unpaired) electrons. The average Bonchev–Trinajstić information content (AvgIpc) is 2.76. The number of ether oxygens (including phenoxy) is 1. The first-order chi connectivity index (χ1) is 15.2. The molecule has 2 aromatic rings. The third-order valence-corrected chi connectivity index (χ3v) is 5.66. The minimum atomic E-state index is -0.506. The highest BCUT2D eigenvalue weighted by molar-refractivity contribution is 7.98. The first-order valence-electron chi connectivity index (χ1n) is 10.4. The Balaban J connectivity index is 1.76. The molecule has 10 heteroatoms. The Morgan fingerprint density at radius 1 is 1.28 bits per heavy atom. The maximum atomic E-state index is 12.4. The molecule has 0 spiro atoms. The number of pyridine rings is 1. The van der Waals surface area contributed by atoms with Crippen LogP contribution in [-0.4, -0.2) is 56.6 Å². The van der Waals surface area contributed by atoms with E-state index >= 15 is 0 Å². The van der Waals surface area contributed by atoms with Crippen LogP contribution >= 0.6 is 23.4 Å². The van der Waals surface area contributed by atoms with Crippen molar-refractivity contribution in [3.8, 4) is 5.75 Å². The van der Waals surface area contributed by atoms with Crippen LogP contribution in [0.4, 0.5) is 4.79 Å². The molecule has 0 atom stereocenters. The fourth-order valence-electron chi connectivity index (χ4n) is 3.34. The van der Waals surface area contributed by atoms with Crippen molar-refractivity contribution in [1.29, 1.82) is 0 Å². The third kappa shape index (κ3) is 6.56. The Bertz CT molecular complexity index is 988. The van der Waals surface area contributed by atoms with Gasteiger partial charge in [-0.2, -0.15) is 0 Å². The van der Waals surface area contributed by atoms with E-state index in [9.17, 15) is 4.79 Å². The largest absolute Gasteiger partial charge is 0.444 e. The molecule has 3 heterocycles. The summed E-state index contributed by atoms with van der Waals surface area (Å²) in [5.41, 5.74) is 1.91. The van der Waals surface area contributed by atoms with Crippen LogP contribution in [0.5, 0.6) is 5.75 Å². The molecule has 1 saturated heterocycles. The molecule has 3 rings (SSSR count). The second-order valence-electron chi connectivity index (χ2n) is 8.48. The molecule has 172 valence electrons. The molecule has 0 N–H and O–H groups in total. The van der Waals surface area contributed by atoms with Gasteiger partial charge in [0.25, 0.3) is 0 Å². The number of amides is 1. The van der Waals surface area contributed by atoms with E-state index in [-0.39, 0.29) is 12.0 Å². The van der Waals surface area contributed by atoms with Gasteiger partial charge < -0.3 is 14.5 Å². The molecule has 32 heavy (non-hydrogen) atoms. The number of carbonyl (C=O) groups is 1. The number of aromatic nitrogens is 3. The monoisotopic (exact) mass is 477 g/mol. The number of rotatable bonds is 5. The van der Waals surface area contributed by atoms with E-state index < -0.39 is 5.60 Å². The first-order valence-corrected chi connectivity index (χ1v) is 12.0. The Labute approximate surface area is 197 Å². The van der Waals surface area contributed by atoms with Crippen molar-refractivity contribution in [3.63, 3.8) is 0 Å². The van der Waals surface area contributed by atoms with E-state index in [1.807, 2.05) is 34.0 Å². The van der Waals surface area contributed by atoms with Crippen molar-refractivity contribution in [2.75, 3.05) is 19.3 Å². The van der Waals surface area contributed by atoms with Crippen molar-refractivity contribution in [1.82, 2.24) is 19.9 Å². The molecule has 0 aromatic carbocycles. The lowest BCUT2D eigenvalue weighted by molar-refractivity contribution is 0.0204. The van der Waals surface area contributed by atoms with Gasteiger partial charge >= 0.3 is 6.09 Å². The lowest BCUT2D eigenvalue weighted by atomic mass is 9.90. The summed E-state index contributed by atoms with van der Waals surface area (Å²) in [6.45, 7) is 8.70. The van der Waals surface area contributed by atoms with Crippen molar-refractivity contribution in [3.05, 3.63) is 40.9 Å².